The van der Waals surface area contributed by atoms with Crippen molar-refractivity contribution in [1.82, 2.24) is 9.62 Å². The van der Waals surface area contributed by atoms with Crippen LogP contribution in [-0.4, -0.2) is 39.0 Å². The van der Waals surface area contributed by atoms with Crippen LogP contribution in [0.5, 0.6) is 0 Å². The second kappa shape index (κ2) is 6.29. The normalized spacial score (nSPS) is 20.3. The van der Waals surface area contributed by atoms with E-state index in [2.05, 4.69) is 23.5 Å². The van der Waals surface area contributed by atoms with E-state index in [1.165, 1.54) is 6.07 Å². The van der Waals surface area contributed by atoms with Crippen molar-refractivity contribution in [2.24, 2.45) is 5.92 Å². The van der Waals surface area contributed by atoms with Crippen LogP contribution in [0.25, 0.3) is 0 Å². The van der Waals surface area contributed by atoms with E-state index in [9.17, 15) is 12.8 Å². The Hall–Kier alpha value is -1.18. The van der Waals surface area contributed by atoms with Gasteiger partial charge in [-0.25, -0.2) is 17.5 Å². The smallest absolute Gasteiger partial charge is 0.242 e. The summed E-state index contributed by atoms with van der Waals surface area (Å²) in [6, 6.07) is 3.82. The van der Waals surface area contributed by atoms with Crippen LogP contribution in [0, 0.1) is 11.7 Å². The number of nitrogens with one attached hydrogen (secondary N) is 1. The van der Waals surface area contributed by atoms with Gasteiger partial charge in [0.15, 0.2) is 0 Å². The molecule has 0 spiro atoms. The molecule has 5 nitrogen and oxygen atoms in total. The van der Waals surface area contributed by atoms with Crippen LogP contribution < -0.4 is 10.5 Å². The number of hydrogen-bond acceptors (Lipinski definition) is 4. The lowest BCUT2D eigenvalue weighted by atomic mass is 10.1. The molecule has 0 aliphatic carbocycles. The summed E-state index contributed by atoms with van der Waals surface area (Å²) in [5, 5.41) is 0. The van der Waals surface area contributed by atoms with E-state index in [0.717, 1.165) is 31.6 Å². The molecule has 1 fully saturated rings. The molecule has 1 aliphatic rings. The number of nitrogens with zero attached hydrogens (tertiary/aromatic N) is 1. The number of nitrogens with two attached hydrogens (primary N) is 1. The van der Waals surface area contributed by atoms with Crippen LogP contribution in [-0.2, 0) is 10.0 Å². The Labute approximate surface area is 125 Å². The van der Waals surface area contributed by atoms with E-state index in [1.807, 2.05) is 0 Å². The molecule has 1 unspecified atom stereocenters. The Kier molecular flexibility index (Phi) is 4.85. The Morgan fingerprint density at radius 1 is 1.48 bits per heavy atom. The van der Waals surface area contributed by atoms with Gasteiger partial charge in [0.05, 0.1) is 5.69 Å². The van der Waals surface area contributed by atoms with Crippen LogP contribution in [0.15, 0.2) is 23.1 Å². The number of likely N-dealkylation sites (tertiary alicyclic amines) is 1. The van der Waals surface area contributed by atoms with E-state index in [0.29, 0.717) is 12.6 Å². The number of halogens is 1. The van der Waals surface area contributed by atoms with Gasteiger partial charge in [0.2, 0.25) is 10.0 Å². The van der Waals surface area contributed by atoms with E-state index in [-0.39, 0.29) is 16.5 Å². The number of benzene rings is 1. The Morgan fingerprint density at radius 3 is 2.81 bits per heavy atom. The summed E-state index contributed by atoms with van der Waals surface area (Å²) in [6.07, 6.45) is 0.958. The van der Waals surface area contributed by atoms with Gasteiger partial charge in [-0.1, -0.05) is 0 Å². The summed E-state index contributed by atoms with van der Waals surface area (Å²) in [7, 11) is -3.77. The van der Waals surface area contributed by atoms with E-state index in [1.54, 1.807) is 0 Å². The fraction of sp³-hybridized carbons (Fsp3) is 0.571. The molecule has 0 bridgehead atoms. The summed E-state index contributed by atoms with van der Waals surface area (Å²) in [4.78, 5) is 2.12. The molecule has 1 saturated heterocycles. The van der Waals surface area contributed by atoms with Gasteiger partial charge < -0.3 is 10.6 Å². The molecule has 1 aromatic rings. The zero-order chi connectivity index (χ0) is 15.6. The summed E-state index contributed by atoms with van der Waals surface area (Å²) >= 11 is 0. The standard InChI is InChI=1S/C14H22FN3O2S/c1-10(2)18-6-5-11(9-18)8-17-21(19,20)14-7-12(15)3-4-13(14)16/h3-4,7,10-11,17H,5-6,8-9,16H2,1-2H3. The monoisotopic (exact) mass is 315 g/mol. The van der Waals surface area contributed by atoms with Crippen molar-refractivity contribution in [1.29, 1.82) is 0 Å². The number of rotatable bonds is 5. The molecule has 0 saturated carbocycles. The number of sulfonamides is 1. The van der Waals surface area contributed by atoms with Gasteiger partial charge in [0.25, 0.3) is 0 Å². The quantitative estimate of drug-likeness (QED) is 0.806. The predicted octanol–water partition coefficient (Wildman–Crippen LogP) is 1.42. The fourth-order valence-electron chi connectivity index (χ4n) is 2.54. The predicted molar refractivity (Wildman–Crippen MR) is 80.8 cm³/mol. The minimum Gasteiger partial charge on any atom is -0.398 e. The first-order chi connectivity index (χ1) is 9.79. The zero-order valence-corrected chi connectivity index (χ0v) is 13.2. The van der Waals surface area contributed by atoms with Crippen molar-refractivity contribution in [3.8, 4) is 0 Å². The Balaban J connectivity index is 2.01. The summed E-state index contributed by atoms with van der Waals surface area (Å²) in [5.74, 6) is -0.339. The average Bonchev–Trinajstić information content (AvgIpc) is 2.88. The van der Waals surface area contributed by atoms with Crippen molar-refractivity contribution in [3.63, 3.8) is 0 Å². The molecule has 2 rings (SSSR count). The van der Waals surface area contributed by atoms with Crippen LogP contribution >= 0.6 is 0 Å². The third-order valence-electron chi connectivity index (χ3n) is 3.87. The fourth-order valence-corrected chi connectivity index (χ4v) is 3.80. The first-order valence-electron chi connectivity index (χ1n) is 7.08. The van der Waals surface area contributed by atoms with Crippen LogP contribution in [0.2, 0.25) is 0 Å². The minimum atomic E-state index is -3.77. The maximum atomic E-state index is 13.2. The van der Waals surface area contributed by atoms with Crippen molar-refractivity contribution in [3.05, 3.63) is 24.0 Å². The van der Waals surface area contributed by atoms with Gasteiger partial charge in [0.1, 0.15) is 10.7 Å². The molecule has 0 radical (unpaired) electrons. The molecule has 1 heterocycles. The largest absolute Gasteiger partial charge is 0.398 e. The highest BCUT2D eigenvalue weighted by atomic mass is 32.2. The molecule has 3 N–H and O–H groups in total. The van der Waals surface area contributed by atoms with Gasteiger partial charge in [-0.05, 0) is 50.9 Å². The van der Waals surface area contributed by atoms with Crippen molar-refractivity contribution in [2.45, 2.75) is 31.2 Å². The molecule has 1 atom stereocenters. The van der Waals surface area contributed by atoms with Gasteiger partial charge in [0, 0.05) is 19.1 Å². The molecule has 21 heavy (non-hydrogen) atoms. The van der Waals surface area contributed by atoms with Crippen LogP contribution in [0.1, 0.15) is 20.3 Å². The summed E-state index contributed by atoms with van der Waals surface area (Å²) < 4.78 is 40.2. The summed E-state index contributed by atoms with van der Waals surface area (Å²) in [6.45, 7) is 6.45. The SMILES string of the molecule is CC(C)N1CCC(CNS(=O)(=O)c2cc(F)ccc2N)C1. The lowest BCUT2D eigenvalue weighted by Crippen LogP contribution is -2.33. The molecular weight excluding hydrogens is 293 g/mol. The van der Waals surface area contributed by atoms with E-state index in [4.69, 9.17) is 5.73 Å². The lowest BCUT2D eigenvalue weighted by Gasteiger charge is -2.20. The number of anilines is 1. The molecule has 0 aromatic heterocycles. The van der Waals surface area contributed by atoms with E-state index < -0.39 is 15.8 Å². The molecular formula is C14H22FN3O2S. The van der Waals surface area contributed by atoms with Gasteiger partial charge in [-0.3, -0.25) is 0 Å². The average molecular weight is 315 g/mol. The Bertz CT molecular complexity index is 604. The molecule has 1 aliphatic heterocycles. The third kappa shape index (κ3) is 3.93. The van der Waals surface area contributed by atoms with Gasteiger partial charge >= 0.3 is 0 Å². The maximum Gasteiger partial charge on any atom is 0.242 e. The van der Waals surface area contributed by atoms with Crippen molar-refractivity contribution < 1.29 is 12.8 Å². The second-order valence-electron chi connectivity index (χ2n) is 5.78. The third-order valence-corrected chi connectivity index (χ3v) is 5.35. The highest BCUT2D eigenvalue weighted by molar-refractivity contribution is 7.89. The Morgan fingerprint density at radius 2 is 2.19 bits per heavy atom. The molecule has 7 heteroatoms. The van der Waals surface area contributed by atoms with Crippen LogP contribution in [0.4, 0.5) is 10.1 Å². The first kappa shape index (κ1) is 16.2. The summed E-state index contributed by atoms with van der Waals surface area (Å²) in [5.41, 5.74) is 5.68. The molecule has 1 aromatic carbocycles. The molecule has 118 valence electrons. The van der Waals surface area contributed by atoms with E-state index >= 15 is 0 Å². The van der Waals surface area contributed by atoms with Gasteiger partial charge in [-0.2, -0.15) is 0 Å². The highest BCUT2D eigenvalue weighted by Crippen LogP contribution is 2.21. The minimum absolute atomic E-state index is 0.0547. The topological polar surface area (TPSA) is 75.4 Å². The lowest BCUT2D eigenvalue weighted by molar-refractivity contribution is 0.265. The van der Waals surface area contributed by atoms with Crippen LogP contribution in [0.3, 0.4) is 0 Å². The molecule has 0 amide bonds. The zero-order valence-electron chi connectivity index (χ0n) is 12.3. The first-order valence-corrected chi connectivity index (χ1v) is 8.56. The maximum absolute atomic E-state index is 13.2. The van der Waals surface area contributed by atoms with Gasteiger partial charge in [-0.15, -0.1) is 0 Å². The second-order valence-corrected chi connectivity index (χ2v) is 7.51. The highest BCUT2D eigenvalue weighted by Gasteiger charge is 2.26. The van der Waals surface area contributed by atoms with Crippen molar-refractivity contribution in [2.75, 3.05) is 25.4 Å². The number of nitrogen functional groups attached to an aromatic ring is 1. The van der Waals surface area contributed by atoms with Crippen molar-refractivity contribution >= 4 is 15.7 Å². The number of hydrogen-bond donors (Lipinski definition) is 2.